The second-order valence-corrected chi connectivity index (χ2v) is 11.2. The predicted octanol–water partition coefficient (Wildman–Crippen LogP) is 6.64. The van der Waals surface area contributed by atoms with Crippen molar-refractivity contribution in [1.82, 2.24) is 10.2 Å². The number of benzene rings is 3. The SMILES string of the molecule is CC(C)(C)NC(=O)C(Cc1ccccc1)N(Cc1ccc(Cl)cc1Cl)C(=O)CSc1ccccc1. The molecular weight excluding hydrogens is 499 g/mol. The molecular formula is C28H30Cl2N2O2S. The largest absolute Gasteiger partial charge is 0.350 e. The summed E-state index contributed by atoms with van der Waals surface area (Å²) in [6.45, 7) is 5.98. The van der Waals surface area contributed by atoms with Crippen LogP contribution in [0.4, 0.5) is 0 Å². The third-order valence-corrected chi connectivity index (χ3v) is 6.81. The maximum atomic E-state index is 13.7. The number of hydrogen-bond donors (Lipinski definition) is 1. The van der Waals surface area contributed by atoms with Gasteiger partial charge in [0.25, 0.3) is 0 Å². The Labute approximate surface area is 222 Å². The van der Waals surface area contributed by atoms with Gasteiger partial charge < -0.3 is 10.2 Å². The summed E-state index contributed by atoms with van der Waals surface area (Å²) in [6, 6.07) is 24.0. The minimum atomic E-state index is -0.716. The Kier molecular flexibility index (Phi) is 9.67. The van der Waals surface area contributed by atoms with Gasteiger partial charge in [0.05, 0.1) is 5.75 Å². The van der Waals surface area contributed by atoms with Crippen LogP contribution in [0.1, 0.15) is 31.9 Å². The third-order valence-electron chi connectivity index (χ3n) is 5.23. The number of hydrogen-bond acceptors (Lipinski definition) is 3. The smallest absolute Gasteiger partial charge is 0.243 e. The summed E-state index contributed by atoms with van der Waals surface area (Å²) >= 11 is 14.0. The molecule has 184 valence electrons. The molecule has 3 rings (SSSR count). The highest BCUT2D eigenvalue weighted by molar-refractivity contribution is 8.00. The van der Waals surface area contributed by atoms with Crippen molar-refractivity contribution in [3.05, 3.63) is 100 Å². The molecule has 0 fully saturated rings. The Balaban J connectivity index is 1.95. The fourth-order valence-electron chi connectivity index (χ4n) is 3.59. The molecule has 0 heterocycles. The van der Waals surface area contributed by atoms with E-state index < -0.39 is 11.6 Å². The van der Waals surface area contributed by atoms with Crippen molar-refractivity contribution in [3.63, 3.8) is 0 Å². The molecule has 0 bridgehead atoms. The van der Waals surface area contributed by atoms with E-state index in [2.05, 4.69) is 5.32 Å². The number of carbonyl (C=O) groups is 2. The zero-order valence-corrected chi connectivity index (χ0v) is 22.5. The van der Waals surface area contributed by atoms with E-state index in [9.17, 15) is 9.59 Å². The van der Waals surface area contributed by atoms with Crippen molar-refractivity contribution in [1.29, 1.82) is 0 Å². The fraction of sp³-hybridized carbons (Fsp3) is 0.286. The topological polar surface area (TPSA) is 49.4 Å². The molecule has 1 N–H and O–H groups in total. The van der Waals surface area contributed by atoms with Gasteiger partial charge >= 0.3 is 0 Å². The van der Waals surface area contributed by atoms with Gasteiger partial charge in [-0.3, -0.25) is 9.59 Å². The molecule has 0 aliphatic heterocycles. The number of rotatable bonds is 9. The highest BCUT2D eigenvalue weighted by Crippen LogP contribution is 2.26. The molecule has 1 atom stereocenters. The van der Waals surface area contributed by atoms with Gasteiger partial charge in [-0.25, -0.2) is 0 Å². The number of amides is 2. The van der Waals surface area contributed by atoms with Gasteiger partial charge in [-0.15, -0.1) is 11.8 Å². The van der Waals surface area contributed by atoms with E-state index in [4.69, 9.17) is 23.2 Å². The molecule has 0 aromatic heterocycles. The highest BCUT2D eigenvalue weighted by Gasteiger charge is 2.32. The average Bonchev–Trinajstić information content (AvgIpc) is 2.81. The van der Waals surface area contributed by atoms with Gasteiger partial charge in [-0.05, 0) is 56.2 Å². The highest BCUT2D eigenvalue weighted by atomic mass is 35.5. The minimum absolute atomic E-state index is 0.144. The van der Waals surface area contributed by atoms with Crippen LogP contribution < -0.4 is 5.32 Å². The molecule has 7 heteroatoms. The van der Waals surface area contributed by atoms with Crippen LogP contribution >= 0.6 is 35.0 Å². The summed E-state index contributed by atoms with van der Waals surface area (Å²) in [5, 5.41) is 4.04. The molecule has 0 radical (unpaired) electrons. The molecule has 0 aliphatic carbocycles. The molecule has 0 spiro atoms. The Hall–Kier alpha value is -2.47. The monoisotopic (exact) mass is 528 g/mol. The molecule has 4 nitrogen and oxygen atoms in total. The Morgan fingerprint density at radius 1 is 0.943 bits per heavy atom. The van der Waals surface area contributed by atoms with Crippen molar-refractivity contribution >= 4 is 46.8 Å². The number of thioether (sulfide) groups is 1. The second kappa shape index (κ2) is 12.5. The van der Waals surface area contributed by atoms with Crippen molar-refractivity contribution in [2.24, 2.45) is 0 Å². The van der Waals surface area contributed by atoms with Crippen LogP contribution in [0.3, 0.4) is 0 Å². The Morgan fingerprint density at radius 3 is 2.17 bits per heavy atom. The van der Waals surface area contributed by atoms with Crippen molar-refractivity contribution in [2.75, 3.05) is 5.75 Å². The summed E-state index contributed by atoms with van der Waals surface area (Å²) in [5.74, 6) is -0.150. The zero-order valence-electron chi connectivity index (χ0n) is 20.1. The zero-order chi connectivity index (χ0) is 25.4. The average molecular weight is 530 g/mol. The number of nitrogens with one attached hydrogen (secondary N) is 1. The lowest BCUT2D eigenvalue weighted by Crippen LogP contribution is -2.54. The molecule has 2 amide bonds. The summed E-state index contributed by atoms with van der Waals surface area (Å²) in [7, 11) is 0. The summed E-state index contributed by atoms with van der Waals surface area (Å²) in [6.07, 6.45) is 0.385. The first-order chi connectivity index (χ1) is 16.6. The maximum absolute atomic E-state index is 13.7. The van der Waals surface area contributed by atoms with Crippen molar-refractivity contribution in [3.8, 4) is 0 Å². The van der Waals surface area contributed by atoms with Gasteiger partial charge in [0, 0.05) is 33.4 Å². The van der Waals surface area contributed by atoms with Crippen molar-refractivity contribution < 1.29 is 9.59 Å². The molecule has 3 aromatic rings. The van der Waals surface area contributed by atoms with Crippen LogP contribution in [0.5, 0.6) is 0 Å². The van der Waals surface area contributed by atoms with E-state index in [0.717, 1.165) is 16.0 Å². The molecule has 0 saturated carbocycles. The van der Waals surface area contributed by atoms with E-state index in [1.165, 1.54) is 11.8 Å². The lowest BCUT2D eigenvalue weighted by atomic mass is 10.0. The van der Waals surface area contributed by atoms with Crippen LogP contribution in [0.25, 0.3) is 0 Å². The molecule has 3 aromatic carbocycles. The molecule has 35 heavy (non-hydrogen) atoms. The first-order valence-corrected chi connectivity index (χ1v) is 13.1. The van der Waals surface area contributed by atoms with E-state index in [0.29, 0.717) is 16.5 Å². The Bertz CT molecular complexity index is 1130. The second-order valence-electron chi connectivity index (χ2n) is 9.30. The van der Waals surface area contributed by atoms with Gasteiger partial charge in [-0.1, -0.05) is 77.8 Å². The van der Waals surface area contributed by atoms with Crippen LogP contribution in [-0.4, -0.2) is 34.0 Å². The third kappa shape index (κ3) is 8.60. The number of halogens is 2. The summed E-state index contributed by atoms with van der Waals surface area (Å²) < 4.78 is 0. The number of nitrogens with zero attached hydrogens (tertiary/aromatic N) is 1. The van der Waals surface area contributed by atoms with Gasteiger partial charge in [0.15, 0.2) is 0 Å². The van der Waals surface area contributed by atoms with Crippen LogP contribution in [0, 0.1) is 0 Å². The number of carbonyl (C=O) groups excluding carboxylic acids is 2. The van der Waals surface area contributed by atoms with Gasteiger partial charge in [0.2, 0.25) is 11.8 Å². The van der Waals surface area contributed by atoms with Gasteiger partial charge in [0.1, 0.15) is 6.04 Å². The fourth-order valence-corrected chi connectivity index (χ4v) is 4.86. The van der Waals surface area contributed by atoms with Crippen LogP contribution in [0.15, 0.2) is 83.8 Å². The van der Waals surface area contributed by atoms with Gasteiger partial charge in [-0.2, -0.15) is 0 Å². The van der Waals surface area contributed by atoms with Crippen LogP contribution in [0.2, 0.25) is 10.0 Å². The van der Waals surface area contributed by atoms with Crippen LogP contribution in [-0.2, 0) is 22.6 Å². The molecule has 1 unspecified atom stereocenters. The normalized spacial score (nSPS) is 12.1. The van der Waals surface area contributed by atoms with E-state index >= 15 is 0 Å². The Morgan fingerprint density at radius 2 is 1.57 bits per heavy atom. The standard InChI is InChI=1S/C28H30Cl2N2O2S/c1-28(2,3)31-27(34)25(16-20-10-6-4-7-11-20)32(18-21-14-15-22(29)17-24(21)30)26(33)19-35-23-12-8-5-9-13-23/h4-15,17,25H,16,18-19H2,1-3H3,(H,31,34). The first-order valence-electron chi connectivity index (χ1n) is 11.4. The van der Waals surface area contributed by atoms with E-state index in [1.807, 2.05) is 81.4 Å². The predicted molar refractivity (Wildman–Crippen MR) is 146 cm³/mol. The molecule has 0 saturated heterocycles. The first kappa shape index (κ1) is 27.1. The lowest BCUT2D eigenvalue weighted by Gasteiger charge is -2.34. The molecule has 0 aliphatic rings. The summed E-state index contributed by atoms with van der Waals surface area (Å²) in [5.41, 5.74) is 1.25. The van der Waals surface area contributed by atoms with E-state index in [1.54, 1.807) is 23.1 Å². The van der Waals surface area contributed by atoms with Crippen molar-refractivity contribution in [2.45, 2.75) is 50.2 Å². The summed E-state index contributed by atoms with van der Waals surface area (Å²) in [4.78, 5) is 29.8. The lowest BCUT2D eigenvalue weighted by molar-refractivity contribution is -0.140. The quantitative estimate of drug-likeness (QED) is 0.316. The maximum Gasteiger partial charge on any atom is 0.243 e. The van der Waals surface area contributed by atoms with E-state index in [-0.39, 0.29) is 24.1 Å². The minimum Gasteiger partial charge on any atom is -0.350 e.